The van der Waals surface area contributed by atoms with E-state index < -0.39 is 11.6 Å². The summed E-state index contributed by atoms with van der Waals surface area (Å²) in [6.45, 7) is 11.3. The molecule has 2 rings (SSSR count). The first-order chi connectivity index (χ1) is 16.9. The van der Waals surface area contributed by atoms with Crippen molar-refractivity contribution in [3.05, 3.63) is 41.4 Å². The van der Waals surface area contributed by atoms with Gasteiger partial charge in [-0.15, -0.1) is 0 Å². The molecule has 0 amide bonds. The van der Waals surface area contributed by atoms with Crippen molar-refractivity contribution in [1.29, 1.82) is 0 Å². The van der Waals surface area contributed by atoms with Crippen molar-refractivity contribution in [2.24, 2.45) is 15.9 Å². The van der Waals surface area contributed by atoms with Gasteiger partial charge in [0.1, 0.15) is 17.4 Å². The number of nitrogens with one attached hydrogen (secondary N) is 1. The zero-order valence-electron chi connectivity index (χ0n) is 21.2. The monoisotopic (exact) mass is 489 g/mol. The number of rotatable bonds is 16. The molecule has 1 aromatic heterocycles. The maximum atomic E-state index is 14.6. The number of hydrogen-bond acceptors (Lipinski definition) is 7. The lowest BCUT2D eigenvalue weighted by molar-refractivity contribution is 0.283. The number of halogens is 2. The molecule has 9 heteroatoms. The number of aromatic nitrogens is 2. The lowest BCUT2D eigenvalue weighted by Gasteiger charge is -2.16. The van der Waals surface area contributed by atoms with Crippen molar-refractivity contribution < 1.29 is 18.0 Å². The number of allylic oxidation sites excluding steroid dienone is 1. The van der Waals surface area contributed by atoms with Crippen LogP contribution in [0.3, 0.4) is 0 Å². The Bertz CT molecular complexity index is 965. The van der Waals surface area contributed by atoms with E-state index in [0.29, 0.717) is 18.4 Å². The van der Waals surface area contributed by atoms with Crippen molar-refractivity contribution in [2.75, 3.05) is 26.7 Å². The van der Waals surface area contributed by atoms with E-state index in [2.05, 4.69) is 39.1 Å². The number of benzene rings is 1. The molecular weight excluding hydrogens is 452 g/mol. The molecule has 0 aliphatic carbocycles. The van der Waals surface area contributed by atoms with Crippen LogP contribution in [0.4, 0.5) is 8.78 Å². The third-order valence-corrected chi connectivity index (χ3v) is 5.59. The topological polar surface area (TPSA) is 84.9 Å². The third-order valence-electron chi connectivity index (χ3n) is 5.59. The van der Waals surface area contributed by atoms with Crippen LogP contribution < -0.4 is 10.1 Å². The molecule has 1 N–H and O–H groups in total. The predicted molar refractivity (Wildman–Crippen MR) is 136 cm³/mol. The summed E-state index contributed by atoms with van der Waals surface area (Å²) in [6, 6.07) is 2.32. The second-order valence-corrected chi connectivity index (χ2v) is 8.69. The Morgan fingerprint density at radius 3 is 2.57 bits per heavy atom. The summed E-state index contributed by atoms with van der Waals surface area (Å²) in [6.07, 6.45) is 8.13. The molecule has 1 atom stereocenters. The van der Waals surface area contributed by atoms with Crippen LogP contribution in [-0.4, -0.2) is 49.8 Å². The molecule has 7 nitrogen and oxygen atoms in total. The van der Waals surface area contributed by atoms with E-state index >= 15 is 0 Å². The van der Waals surface area contributed by atoms with Gasteiger partial charge >= 0.3 is 0 Å². The quantitative estimate of drug-likeness (QED) is 0.232. The number of hydrogen-bond donors (Lipinski definition) is 1. The van der Waals surface area contributed by atoms with Crippen LogP contribution in [0.5, 0.6) is 5.75 Å². The molecule has 0 fully saturated rings. The van der Waals surface area contributed by atoms with Crippen LogP contribution in [0.25, 0.3) is 11.4 Å². The van der Waals surface area contributed by atoms with Crippen molar-refractivity contribution in [3.8, 4) is 17.1 Å². The van der Waals surface area contributed by atoms with E-state index in [1.165, 1.54) is 0 Å². The molecule has 1 aromatic carbocycles. The largest absolute Gasteiger partial charge is 0.493 e. The zero-order valence-corrected chi connectivity index (χ0v) is 21.2. The van der Waals surface area contributed by atoms with Gasteiger partial charge in [0.25, 0.3) is 0 Å². The van der Waals surface area contributed by atoms with Gasteiger partial charge in [-0.2, -0.15) is 4.98 Å². The number of aliphatic imine (C=N–C) groups is 2. The molecule has 2 aromatic rings. The van der Waals surface area contributed by atoms with Crippen molar-refractivity contribution in [3.63, 3.8) is 0 Å². The Morgan fingerprint density at radius 2 is 1.97 bits per heavy atom. The average molecular weight is 490 g/mol. The second-order valence-electron chi connectivity index (χ2n) is 8.69. The SMILES string of the molecule is C=N/C=C(\C=N/CCC(CCCOc1cc(F)c(-c2noc(C(C)C)n2)c(F)c1)CCNC)CC. The van der Waals surface area contributed by atoms with E-state index in [9.17, 15) is 8.78 Å². The second kappa shape index (κ2) is 15.1. The van der Waals surface area contributed by atoms with Crippen molar-refractivity contribution in [2.45, 2.75) is 58.8 Å². The van der Waals surface area contributed by atoms with Crippen LogP contribution in [0.2, 0.25) is 0 Å². The van der Waals surface area contributed by atoms with Crippen LogP contribution in [0, 0.1) is 17.6 Å². The first kappa shape index (κ1) is 28.3. The van der Waals surface area contributed by atoms with Gasteiger partial charge in [-0.3, -0.25) is 9.98 Å². The minimum atomic E-state index is -0.784. The number of ether oxygens (including phenoxy) is 1. The van der Waals surface area contributed by atoms with E-state index in [1.807, 2.05) is 27.1 Å². The van der Waals surface area contributed by atoms with Gasteiger partial charge in [0, 0.05) is 37.0 Å². The van der Waals surface area contributed by atoms with Crippen LogP contribution >= 0.6 is 0 Å². The Balaban J connectivity index is 1.88. The molecule has 192 valence electrons. The highest BCUT2D eigenvalue weighted by molar-refractivity contribution is 5.78. The van der Waals surface area contributed by atoms with Gasteiger partial charge in [-0.1, -0.05) is 25.9 Å². The van der Waals surface area contributed by atoms with Crippen molar-refractivity contribution in [1.82, 2.24) is 15.5 Å². The molecular formula is C26H37F2N5O2. The predicted octanol–water partition coefficient (Wildman–Crippen LogP) is 5.98. The fraction of sp³-hybridized carbons (Fsp3) is 0.538. The van der Waals surface area contributed by atoms with E-state index in [1.54, 1.807) is 6.20 Å². The normalized spacial score (nSPS) is 13.1. The molecule has 0 radical (unpaired) electrons. The molecule has 0 saturated carbocycles. The third kappa shape index (κ3) is 9.32. The molecule has 0 bridgehead atoms. The molecule has 0 aliphatic heterocycles. The van der Waals surface area contributed by atoms with Gasteiger partial charge < -0.3 is 14.6 Å². The summed E-state index contributed by atoms with van der Waals surface area (Å²) in [5.74, 6) is -0.766. The highest BCUT2D eigenvalue weighted by Gasteiger charge is 2.20. The molecule has 0 saturated heterocycles. The lowest BCUT2D eigenvalue weighted by atomic mass is 9.96. The number of nitrogens with zero attached hydrogens (tertiary/aromatic N) is 4. The first-order valence-corrected chi connectivity index (χ1v) is 12.1. The van der Waals surface area contributed by atoms with E-state index in [0.717, 1.165) is 62.9 Å². The van der Waals surface area contributed by atoms with Crippen molar-refractivity contribution >= 4 is 12.9 Å². The van der Waals surface area contributed by atoms with E-state index in [4.69, 9.17) is 9.26 Å². The van der Waals surface area contributed by atoms with Gasteiger partial charge in [-0.25, -0.2) is 8.78 Å². The summed E-state index contributed by atoms with van der Waals surface area (Å²) in [5.41, 5.74) is 0.732. The van der Waals surface area contributed by atoms with Crippen LogP contribution in [0.1, 0.15) is 64.7 Å². The molecule has 0 aliphatic rings. The summed E-state index contributed by atoms with van der Waals surface area (Å²) >= 11 is 0. The van der Waals surface area contributed by atoms with Gasteiger partial charge in [0.2, 0.25) is 11.7 Å². The summed E-state index contributed by atoms with van der Waals surface area (Å²) in [7, 11) is 1.93. The Labute approximate surface area is 206 Å². The van der Waals surface area contributed by atoms with Gasteiger partial charge in [0.05, 0.1) is 12.2 Å². The summed E-state index contributed by atoms with van der Waals surface area (Å²) < 4.78 is 39.9. The maximum Gasteiger partial charge on any atom is 0.229 e. The van der Waals surface area contributed by atoms with Gasteiger partial charge in [0.15, 0.2) is 0 Å². The summed E-state index contributed by atoms with van der Waals surface area (Å²) in [4.78, 5) is 12.4. The molecule has 0 spiro atoms. The fourth-order valence-electron chi connectivity index (χ4n) is 3.53. The fourth-order valence-corrected chi connectivity index (χ4v) is 3.53. The maximum absolute atomic E-state index is 14.6. The smallest absolute Gasteiger partial charge is 0.229 e. The summed E-state index contributed by atoms with van der Waals surface area (Å²) in [5, 5.41) is 6.89. The Kier molecular flexibility index (Phi) is 12.2. The molecule has 35 heavy (non-hydrogen) atoms. The van der Waals surface area contributed by atoms with Crippen LogP contribution in [-0.2, 0) is 0 Å². The Hall–Kier alpha value is -2.94. The lowest BCUT2D eigenvalue weighted by Crippen LogP contribution is -2.15. The minimum Gasteiger partial charge on any atom is -0.493 e. The van der Waals surface area contributed by atoms with Gasteiger partial charge in [-0.05, 0) is 63.9 Å². The molecule has 1 heterocycles. The van der Waals surface area contributed by atoms with Crippen LogP contribution in [0.15, 0.2) is 38.4 Å². The zero-order chi connectivity index (χ0) is 25.6. The highest BCUT2D eigenvalue weighted by atomic mass is 19.1. The average Bonchev–Trinajstić information content (AvgIpc) is 3.31. The molecule has 1 unspecified atom stereocenters. The minimum absolute atomic E-state index is 0.0334. The first-order valence-electron chi connectivity index (χ1n) is 12.1. The highest BCUT2D eigenvalue weighted by Crippen LogP contribution is 2.29. The Morgan fingerprint density at radius 1 is 1.23 bits per heavy atom. The van der Waals surface area contributed by atoms with E-state index in [-0.39, 0.29) is 23.1 Å². The standard InChI is InChI=1S/C26H37F2N5O2/c1-6-19(16-30-5)17-31-12-10-20(9-11-29-4)8-7-13-34-21-14-22(27)24(23(28)15-21)25-32-26(18(2)3)35-33-25/h14-18,20,29H,5-13H2,1-4H3/b19-16-,31-17-.